The Labute approximate surface area is 226 Å². The van der Waals surface area contributed by atoms with E-state index in [1.807, 2.05) is 67.6 Å². The molecule has 0 radical (unpaired) electrons. The van der Waals surface area contributed by atoms with Gasteiger partial charge in [-0.15, -0.1) is 0 Å². The zero-order valence-corrected chi connectivity index (χ0v) is 22.1. The molecule has 5 nitrogen and oxygen atoms in total. The molecule has 0 saturated heterocycles. The minimum Gasteiger partial charge on any atom is -0.506 e. The number of halogens is 1. The van der Waals surface area contributed by atoms with E-state index in [-0.39, 0.29) is 11.3 Å². The van der Waals surface area contributed by atoms with Crippen LogP contribution in [-0.2, 0) is 12.8 Å². The smallest absolute Gasteiger partial charge is 0.226 e. The highest BCUT2D eigenvalue weighted by Crippen LogP contribution is 2.38. The summed E-state index contributed by atoms with van der Waals surface area (Å²) in [6, 6.07) is 24.1. The second-order valence-electron chi connectivity index (χ2n) is 9.61. The van der Waals surface area contributed by atoms with Gasteiger partial charge in [0.15, 0.2) is 5.78 Å². The Morgan fingerprint density at radius 2 is 1.71 bits per heavy atom. The summed E-state index contributed by atoms with van der Waals surface area (Å²) in [4.78, 5) is 18.3. The van der Waals surface area contributed by atoms with Gasteiger partial charge in [-0.25, -0.2) is 4.98 Å². The van der Waals surface area contributed by atoms with Gasteiger partial charge in [-0.1, -0.05) is 73.5 Å². The van der Waals surface area contributed by atoms with Crippen LogP contribution in [0.2, 0.25) is 5.02 Å². The molecule has 1 unspecified atom stereocenters. The maximum Gasteiger partial charge on any atom is 0.226 e. The lowest BCUT2D eigenvalue weighted by molar-refractivity contribution is 0.0963. The average Bonchev–Trinajstić information content (AvgIpc) is 2.91. The molecule has 1 aromatic heterocycles. The van der Waals surface area contributed by atoms with E-state index in [2.05, 4.69) is 17.2 Å². The third-order valence-electron chi connectivity index (χ3n) is 7.00. The molecule has 0 amide bonds. The summed E-state index contributed by atoms with van der Waals surface area (Å²) < 4.78 is 0. The molecule has 0 saturated carbocycles. The van der Waals surface area contributed by atoms with Crippen LogP contribution in [-0.4, -0.2) is 27.0 Å². The number of aromatic nitrogens is 1. The number of anilines is 1. The van der Waals surface area contributed by atoms with E-state index in [1.165, 1.54) is 0 Å². The van der Waals surface area contributed by atoms with Crippen molar-refractivity contribution in [1.29, 1.82) is 0 Å². The van der Waals surface area contributed by atoms with Crippen LogP contribution < -0.4 is 5.32 Å². The summed E-state index contributed by atoms with van der Waals surface area (Å²) in [5, 5.41) is 28.8. The van der Waals surface area contributed by atoms with E-state index < -0.39 is 17.7 Å². The molecule has 6 heteroatoms. The molecule has 38 heavy (non-hydrogen) atoms. The number of rotatable bonds is 8. The maximum absolute atomic E-state index is 14.0. The van der Waals surface area contributed by atoms with Gasteiger partial charge in [0.05, 0.1) is 11.6 Å². The number of hydrogen-bond acceptors (Lipinski definition) is 5. The quantitative estimate of drug-likeness (QED) is 0.182. The van der Waals surface area contributed by atoms with E-state index in [0.29, 0.717) is 22.3 Å². The van der Waals surface area contributed by atoms with Gasteiger partial charge in [0.25, 0.3) is 0 Å². The zero-order valence-electron chi connectivity index (χ0n) is 21.3. The van der Waals surface area contributed by atoms with Crippen LogP contribution >= 0.6 is 11.6 Å². The van der Waals surface area contributed by atoms with Gasteiger partial charge >= 0.3 is 0 Å². The summed E-state index contributed by atoms with van der Waals surface area (Å²) in [7, 11) is 0. The molecule has 0 aliphatic heterocycles. The van der Waals surface area contributed by atoms with Crippen molar-refractivity contribution in [3.05, 3.63) is 106 Å². The minimum atomic E-state index is -0.785. The first-order valence-corrected chi connectivity index (χ1v) is 13.1. The number of carbonyl (C=O) groups is 1. The van der Waals surface area contributed by atoms with Crippen molar-refractivity contribution in [2.24, 2.45) is 0 Å². The van der Waals surface area contributed by atoms with E-state index in [4.69, 9.17) is 11.6 Å². The molecule has 0 fully saturated rings. The van der Waals surface area contributed by atoms with Crippen LogP contribution in [0.4, 0.5) is 5.69 Å². The van der Waals surface area contributed by atoms with Gasteiger partial charge in [-0.3, -0.25) is 4.79 Å². The second kappa shape index (κ2) is 10.7. The SMILES string of the molecule is CCCc1ccc2nc(O)c(C(=O)C(Cc3ccc(Cl)cc3)Nc3ccc4ccccc4c3)c(O)c2c1C. The van der Waals surface area contributed by atoms with Crippen LogP contribution in [0.25, 0.3) is 21.7 Å². The molecular formula is C32H29ClN2O3. The number of nitrogens with zero attached hydrogens (tertiary/aromatic N) is 1. The van der Waals surface area contributed by atoms with Crippen LogP contribution in [0.5, 0.6) is 11.6 Å². The Bertz CT molecular complexity index is 1650. The van der Waals surface area contributed by atoms with Gasteiger partial charge in [-0.2, -0.15) is 0 Å². The van der Waals surface area contributed by atoms with Gasteiger partial charge in [0, 0.05) is 22.5 Å². The number of carbonyl (C=O) groups excluding carboxylic acids is 1. The number of pyridine rings is 1. The van der Waals surface area contributed by atoms with Crippen LogP contribution in [0.1, 0.15) is 40.4 Å². The fourth-order valence-corrected chi connectivity index (χ4v) is 5.15. The fraction of sp³-hybridized carbons (Fsp3) is 0.188. The summed E-state index contributed by atoms with van der Waals surface area (Å²) in [6.45, 7) is 4.01. The third-order valence-corrected chi connectivity index (χ3v) is 7.26. The van der Waals surface area contributed by atoms with E-state index >= 15 is 0 Å². The normalized spacial score (nSPS) is 12.1. The summed E-state index contributed by atoms with van der Waals surface area (Å²) in [5.41, 5.74) is 3.85. The van der Waals surface area contributed by atoms with Gasteiger partial charge in [0.1, 0.15) is 11.3 Å². The second-order valence-corrected chi connectivity index (χ2v) is 10.0. The number of benzene rings is 4. The first kappa shape index (κ1) is 25.6. The summed E-state index contributed by atoms with van der Waals surface area (Å²) in [6.07, 6.45) is 2.10. The molecule has 5 rings (SSSR count). The van der Waals surface area contributed by atoms with Gasteiger partial charge < -0.3 is 15.5 Å². The van der Waals surface area contributed by atoms with E-state index in [9.17, 15) is 15.0 Å². The fourth-order valence-electron chi connectivity index (χ4n) is 5.02. The first-order valence-electron chi connectivity index (χ1n) is 12.7. The number of aryl methyl sites for hydroxylation is 2. The Hall–Kier alpha value is -4.09. The van der Waals surface area contributed by atoms with Crippen LogP contribution in [0.3, 0.4) is 0 Å². The Morgan fingerprint density at radius 3 is 2.45 bits per heavy atom. The molecule has 3 N–H and O–H groups in total. The minimum absolute atomic E-state index is 0.179. The summed E-state index contributed by atoms with van der Waals surface area (Å²) >= 11 is 6.08. The van der Waals surface area contributed by atoms with Crippen molar-refractivity contribution >= 4 is 44.7 Å². The molecule has 1 heterocycles. The zero-order chi connectivity index (χ0) is 26.8. The topological polar surface area (TPSA) is 82.5 Å². The molecule has 4 aromatic carbocycles. The first-order chi connectivity index (χ1) is 18.4. The highest BCUT2D eigenvalue weighted by Gasteiger charge is 2.29. The van der Waals surface area contributed by atoms with Crippen molar-refractivity contribution in [3.63, 3.8) is 0 Å². The van der Waals surface area contributed by atoms with Gasteiger partial charge in [0.2, 0.25) is 5.88 Å². The lowest BCUT2D eigenvalue weighted by Gasteiger charge is -2.21. The van der Waals surface area contributed by atoms with Crippen molar-refractivity contribution in [3.8, 4) is 11.6 Å². The lowest BCUT2D eigenvalue weighted by atomic mass is 9.93. The Balaban J connectivity index is 1.59. The van der Waals surface area contributed by atoms with E-state index in [1.54, 1.807) is 18.2 Å². The monoisotopic (exact) mass is 524 g/mol. The van der Waals surface area contributed by atoms with Crippen LogP contribution in [0, 0.1) is 6.92 Å². The Morgan fingerprint density at radius 1 is 0.974 bits per heavy atom. The Kier molecular flexibility index (Phi) is 7.21. The van der Waals surface area contributed by atoms with E-state index in [0.717, 1.165) is 46.0 Å². The molecule has 192 valence electrons. The predicted molar refractivity (Wildman–Crippen MR) is 155 cm³/mol. The molecule has 0 aliphatic rings. The molecular weight excluding hydrogens is 496 g/mol. The van der Waals surface area contributed by atoms with Crippen molar-refractivity contribution in [2.45, 2.75) is 39.2 Å². The number of fused-ring (bicyclic) bond motifs is 2. The molecule has 0 aliphatic carbocycles. The number of Topliss-reactive ketones (excluding diaryl/α,β-unsaturated/α-hetero) is 1. The summed E-state index contributed by atoms with van der Waals surface area (Å²) in [5.74, 6) is -1.17. The molecule has 1 atom stereocenters. The number of aromatic hydroxyl groups is 2. The molecule has 0 bridgehead atoms. The maximum atomic E-state index is 14.0. The van der Waals surface area contributed by atoms with Crippen molar-refractivity contribution in [2.75, 3.05) is 5.32 Å². The number of ketones is 1. The van der Waals surface area contributed by atoms with Crippen LogP contribution in [0.15, 0.2) is 78.9 Å². The molecule has 5 aromatic rings. The highest BCUT2D eigenvalue weighted by molar-refractivity contribution is 6.30. The number of nitrogens with one attached hydrogen (secondary N) is 1. The van der Waals surface area contributed by atoms with Gasteiger partial charge in [-0.05, 0) is 71.1 Å². The average molecular weight is 525 g/mol. The highest BCUT2D eigenvalue weighted by atomic mass is 35.5. The number of hydrogen-bond donors (Lipinski definition) is 3. The van der Waals surface area contributed by atoms with Crippen molar-refractivity contribution < 1.29 is 15.0 Å². The lowest BCUT2D eigenvalue weighted by Crippen LogP contribution is -2.32. The van der Waals surface area contributed by atoms with Crippen molar-refractivity contribution in [1.82, 2.24) is 4.98 Å². The molecule has 0 spiro atoms. The largest absolute Gasteiger partial charge is 0.506 e. The predicted octanol–water partition coefficient (Wildman–Crippen LogP) is 7.62. The standard InChI is InChI=1S/C32H29ClN2O3/c1-3-6-21-12-16-26-28(19(21)2)31(37)29(32(38)35-26)30(36)27(17-20-9-13-24(33)14-10-20)34-25-15-11-22-7-4-5-8-23(22)18-25/h4-5,7-16,18,27,34H,3,6,17H2,1-2H3,(H2,35,37,38). The third kappa shape index (κ3) is 5.02.